The molecule has 56 valence electrons. The van der Waals surface area contributed by atoms with E-state index in [1.54, 1.807) is 11.8 Å². The van der Waals surface area contributed by atoms with Gasteiger partial charge in [0.05, 0.1) is 0 Å². The third-order valence-corrected chi connectivity index (χ3v) is 2.77. The molecular formula is C8H9ClMgS. The van der Waals surface area contributed by atoms with Crippen molar-refractivity contribution in [2.75, 3.05) is 6.26 Å². The van der Waals surface area contributed by atoms with Gasteiger partial charge in [0.1, 0.15) is 0 Å². The second-order valence-corrected chi connectivity index (χ2v) is 3.48. The molecule has 11 heavy (non-hydrogen) atoms. The van der Waals surface area contributed by atoms with Crippen LogP contribution < -0.4 is 12.4 Å². The third-order valence-electron chi connectivity index (χ3n) is 1.45. The van der Waals surface area contributed by atoms with Gasteiger partial charge in [0.25, 0.3) is 0 Å². The van der Waals surface area contributed by atoms with Gasteiger partial charge in [0.15, 0.2) is 0 Å². The summed E-state index contributed by atoms with van der Waals surface area (Å²) in [6, 6.07) is 8.74. The fraction of sp³-hybridized carbons (Fsp3) is 0.250. The van der Waals surface area contributed by atoms with Gasteiger partial charge in [-0.05, 0) is 0 Å². The van der Waals surface area contributed by atoms with E-state index in [4.69, 9.17) is 0 Å². The first-order valence-corrected chi connectivity index (χ1v) is 5.51. The molecule has 0 bridgehead atoms. The average molecular weight is 197 g/mol. The zero-order valence-corrected chi connectivity index (χ0v) is 9.50. The van der Waals surface area contributed by atoms with Crippen LogP contribution in [0.1, 0.15) is 5.56 Å². The summed E-state index contributed by atoms with van der Waals surface area (Å²) < 4.78 is 1.16. The van der Waals surface area contributed by atoms with E-state index in [0.717, 1.165) is 4.55 Å². The second kappa shape index (κ2) is 6.18. The quantitative estimate of drug-likeness (QED) is 0.436. The number of hydrogen-bond donors (Lipinski definition) is 0. The Morgan fingerprint density at radius 2 is 1.82 bits per heavy atom. The first-order chi connectivity index (χ1) is 4.86. The predicted octanol–water partition coefficient (Wildman–Crippen LogP) is -0.919. The minimum absolute atomic E-state index is 0. The predicted molar refractivity (Wildman–Crippen MR) is 47.7 cm³/mol. The van der Waals surface area contributed by atoms with E-state index >= 15 is 0 Å². The molecular weight excluding hydrogens is 188 g/mol. The third kappa shape index (κ3) is 3.70. The molecule has 0 aliphatic carbocycles. The van der Waals surface area contributed by atoms with Gasteiger partial charge in [-0.1, -0.05) is 0 Å². The molecule has 0 amide bonds. The summed E-state index contributed by atoms with van der Waals surface area (Å²) in [5.41, 5.74) is 1.43. The smallest absolute Gasteiger partial charge is 1.00 e. The molecule has 0 unspecified atom stereocenters. The average Bonchev–Trinajstić information content (AvgIpc) is 2.05. The summed E-state index contributed by atoms with van der Waals surface area (Å²) in [7, 11) is 0. The number of benzene rings is 1. The maximum absolute atomic E-state index is 2.19. The maximum Gasteiger partial charge on any atom is -1.00 e. The molecule has 3 heteroatoms. The summed E-state index contributed by atoms with van der Waals surface area (Å²) in [4.78, 5) is 1.35. The molecule has 0 atom stereocenters. The molecule has 0 radical (unpaired) electrons. The van der Waals surface area contributed by atoms with Crippen LogP contribution in [-0.4, -0.2) is 28.0 Å². The Morgan fingerprint density at radius 3 is 2.18 bits per heavy atom. The van der Waals surface area contributed by atoms with E-state index in [0.29, 0.717) is 0 Å². The Kier molecular flexibility index (Phi) is 6.53. The first kappa shape index (κ1) is 11.6. The van der Waals surface area contributed by atoms with Crippen LogP contribution >= 0.6 is 11.8 Å². The van der Waals surface area contributed by atoms with Crippen molar-refractivity contribution < 1.29 is 12.4 Å². The summed E-state index contributed by atoms with van der Waals surface area (Å²) in [5.74, 6) is 0. The van der Waals surface area contributed by atoms with Gasteiger partial charge < -0.3 is 12.4 Å². The Labute approximate surface area is 91.0 Å². The van der Waals surface area contributed by atoms with Crippen LogP contribution in [-0.2, 0) is 4.55 Å². The largest absolute Gasteiger partial charge is 1.00 e. The summed E-state index contributed by atoms with van der Waals surface area (Å²) in [6.45, 7) is 0. The SMILES string of the molecule is CSc1ccc([CH2][Mg+])cc1.[Cl-]. The van der Waals surface area contributed by atoms with E-state index in [9.17, 15) is 0 Å². The van der Waals surface area contributed by atoms with Crippen LogP contribution in [0.5, 0.6) is 0 Å². The summed E-state index contributed by atoms with van der Waals surface area (Å²) in [5, 5.41) is 0. The van der Waals surface area contributed by atoms with Gasteiger partial charge in [-0.25, -0.2) is 0 Å². The molecule has 0 aliphatic heterocycles. The van der Waals surface area contributed by atoms with E-state index in [1.165, 1.54) is 10.5 Å². The van der Waals surface area contributed by atoms with Gasteiger partial charge in [0.2, 0.25) is 0 Å². The number of hydrogen-bond acceptors (Lipinski definition) is 1. The topological polar surface area (TPSA) is 0 Å². The Balaban J connectivity index is 0.000001000. The molecule has 0 nitrogen and oxygen atoms in total. The van der Waals surface area contributed by atoms with Crippen LogP contribution in [0, 0.1) is 0 Å². The number of thioether (sulfide) groups is 1. The van der Waals surface area contributed by atoms with Crippen LogP contribution in [0.3, 0.4) is 0 Å². The standard InChI is InChI=1S/C8H9S.ClH.Mg/c1-7-3-5-8(9-2)6-4-7;;/h3-6H,1H2,2H3;1H;/q;;+1/p-1. The van der Waals surface area contributed by atoms with Crippen LogP contribution in [0.2, 0.25) is 0 Å². The van der Waals surface area contributed by atoms with Crippen molar-refractivity contribution in [3.05, 3.63) is 29.8 Å². The number of halogens is 1. The Hall–Kier alpha value is 0.626. The molecule has 1 aromatic carbocycles. The minimum Gasteiger partial charge on any atom is -1.00 e. The molecule has 0 aromatic heterocycles. The van der Waals surface area contributed by atoms with E-state index < -0.39 is 0 Å². The molecule has 0 saturated heterocycles. The second-order valence-electron chi connectivity index (χ2n) is 2.10. The Morgan fingerprint density at radius 1 is 1.27 bits per heavy atom. The van der Waals surface area contributed by atoms with Gasteiger partial charge in [0, 0.05) is 0 Å². The van der Waals surface area contributed by atoms with Crippen molar-refractivity contribution in [3.8, 4) is 0 Å². The first-order valence-electron chi connectivity index (χ1n) is 3.29. The van der Waals surface area contributed by atoms with E-state index in [1.807, 2.05) is 21.7 Å². The van der Waals surface area contributed by atoms with E-state index in [-0.39, 0.29) is 12.4 Å². The minimum atomic E-state index is 0. The molecule has 1 rings (SSSR count). The van der Waals surface area contributed by atoms with Crippen molar-refractivity contribution in [2.45, 2.75) is 9.45 Å². The number of rotatable bonds is 2. The van der Waals surface area contributed by atoms with Crippen LogP contribution in [0.25, 0.3) is 0 Å². The molecule has 0 aliphatic rings. The molecule has 0 spiro atoms. The molecule has 0 N–H and O–H groups in total. The van der Waals surface area contributed by atoms with E-state index in [2.05, 4.69) is 30.5 Å². The summed E-state index contributed by atoms with van der Waals surface area (Å²) >= 11 is 3.78. The van der Waals surface area contributed by atoms with Gasteiger partial charge >= 0.3 is 79.0 Å². The fourth-order valence-electron chi connectivity index (χ4n) is 0.792. The zero-order chi connectivity index (χ0) is 7.40. The normalized spacial score (nSPS) is 9.00. The molecule has 0 fully saturated rings. The molecule has 0 saturated carbocycles. The van der Waals surface area contributed by atoms with Crippen LogP contribution in [0.15, 0.2) is 29.2 Å². The van der Waals surface area contributed by atoms with Gasteiger partial charge in [-0.3, -0.25) is 0 Å². The molecule has 1 aromatic rings. The van der Waals surface area contributed by atoms with Crippen molar-refractivity contribution >= 4 is 33.5 Å². The van der Waals surface area contributed by atoms with Crippen LogP contribution in [0.4, 0.5) is 0 Å². The monoisotopic (exact) mass is 196 g/mol. The van der Waals surface area contributed by atoms with Crippen molar-refractivity contribution in [2.24, 2.45) is 0 Å². The zero-order valence-electron chi connectivity index (χ0n) is 6.51. The maximum atomic E-state index is 2.19. The summed E-state index contributed by atoms with van der Waals surface area (Å²) in [6.07, 6.45) is 2.10. The van der Waals surface area contributed by atoms with Crippen molar-refractivity contribution in [1.29, 1.82) is 0 Å². The van der Waals surface area contributed by atoms with Gasteiger partial charge in [-0.15, -0.1) is 0 Å². The van der Waals surface area contributed by atoms with Crippen molar-refractivity contribution in [1.82, 2.24) is 0 Å². The molecule has 0 heterocycles. The van der Waals surface area contributed by atoms with Gasteiger partial charge in [-0.2, -0.15) is 0 Å². The fourth-order valence-corrected chi connectivity index (χ4v) is 1.53. The van der Waals surface area contributed by atoms with Crippen molar-refractivity contribution in [3.63, 3.8) is 0 Å². The Bertz CT molecular complexity index is 175.